The molecule has 1 unspecified atom stereocenters. The summed E-state index contributed by atoms with van der Waals surface area (Å²) in [7, 11) is 0. The van der Waals surface area contributed by atoms with Crippen LogP contribution < -0.4 is 16.6 Å². The van der Waals surface area contributed by atoms with Crippen LogP contribution in [0, 0.1) is 5.82 Å². The zero-order chi connectivity index (χ0) is 20.3. The van der Waals surface area contributed by atoms with Crippen LogP contribution in [-0.2, 0) is 4.79 Å². The number of hydrogen-bond acceptors (Lipinski definition) is 4. The second-order valence-electron chi connectivity index (χ2n) is 6.08. The number of benzene rings is 2. The van der Waals surface area contributed by atoms with Gasteiger partial charge in [-0.2, -0.15) is 5.10 Å². The Kier molecular flexibility index (Phi) is 5.30. The maximum Gasteiger partial charge on any atom is 0.267 e. The van der Waals surface area contributed by atoms with Crippen LogP contribution in [0.5, 0.6) is 0 Å². The fourth-order valence-corrected chi connectivity index (χ4v) is 2.63. The second-order valence-corrected chi connectivity index (χ2v) is 6.08. The molecule has 8 heteroatoms. The standard InChI is InChI=1S/C20H17FN4O3/c1-12(20(28)23-17-5-3-2-4-15(17)19(22)27)25-18(26)11-10-16(24-25)13-6-8-14(21)9-7-13/h2-12H,1H3,(H2,22,27)(H,23,28). The summed E-state index contributed by atoms with van der Waals surface area (Å²) in [6, 6.07) is 13.7. The predicted molar refractivity (Wildman–Crippen MR) is 102 cm³/mol. The minimum atomic E-state index is -0.964. The number of para-hydroxylation sites is 1. The molecule has 2 amide bonds. The fraction of sp³-hybridized carbons (Fsp3) is 0.100. The van der Waals surface area contributed by atoms with Crippen molar-refractivity contribution in [2.45, 2.75) is 13.0 Å². The molecule has 7 nitrogen and oxygen atoms in total. The van der Waals surface area contributed by atoms with Gasteiger partial charge in [-0.05, 0) is 49.4 Å². The van der Waals surface area contributed by atoms with Gasteiger partial charge in [-0.1, -0.05) is 12.1 Å². The lowest BCUT2D eigenvalue weighted by Gasteiger charge is -2.16. The van der Waals surface area contributed by atoms with Crippen LogP contribution in [0.25, 0.3) is 11.3 Å². The van der Waals surface area contributed by atoms with Gasteiger partial charge in [-0.3, -0.25) is 14.4 Å². The zero-order valence-corrected chi connectivity index (χ0v) is 14.9. The average Bonchev–Trinajstić information content (AvgIpc) is 2.68. The van der Waals surface area contributed by atoms with Gasteiger partial charge in [-0.25, -0.2) is 9.07 Å². The lowest BCUT2D eigenvalue weighted by molar-refractivity contribution is -0.119. The fourth-order valence-electron chi connectivity index (χ4n) is 2.63. The molecule has 1 aromatic heterocycles. The summed E-state index contributed by atoms with van der Waals surface area (Å²) < 4.78 is 14.1. The molecule has 142 valence electrons. The number of hydrogen-bond donors (Lipinski definition) is 2. The van der Waals surface area contributed by atoms with Crippen LogP contribution in [0.1, 0.15) is 23.3 Å². The molecule has 28 heavy (non-hydrogen) atoms. The van der Waals surface area contributed by atoms with E-state index in [0.29, 0.717) is 11.3 Å². The zero-order valence-electron chi connectivity index (χ0n) is 14.9. The summed E-state index contributed by atoms with van der Waals surface area (Å²) in [4.78, 5) is 36.3. The van der Waals surface area contributed by atoms with Crippen LogP contribution >= 0.6 is 0 Å². The number of rotatable bonds is 5. The van der Waals surface area contributed by atoms with Crippen molar-refractivity contribution in [2.24, 2.45) is 5.73 Å². The Bertz CT molecular complexity index is 1090. The molecule has 3 N–H and O–H groups in total. The molecule has 0 saturated carbocycles. The van der Waals surface area contributed by atoms with Gasteiger partial charge in [0.15, 0.2) is 0 Å². The monoisotopic (exact) mass is 380 g/mol. The Morgan fingerprint density at radius 3 is 2.43 bits per heavy atom. The molecule has 2 aromatic carbocycles. The van der Waals surface area contributed by atoms with Gasteiger partial charge in [0.2, 0.25) is 5.91 Å². The van der Waals surface area contributed by atoms with E-state index in [1.54, 1.807) is 12.1 Å². The van der Waals surface area contributed by atoms with E-state index in [2.05, 4.69) is 10.4 Å². The molecule has 0 fully saturated rings. The third-order valence-corrected chi connectivity index (χ3v) is 4.16. The predicted octanol–water partition coefficient (Wildman–Crippen LogP) is 2.35. The molecule has 0 radical (unpaired) electrons. The second kappa shape index (κ2) is 7.83. The van der Waals surface area contributed by atoms with Gasteiger partial charge in [0.05, 0.1) is 16.9 Å². The lowest BCUT2D eigenvalue weighted by atomic mass is 10.1. The third kappa shape index (κ3) is 3.96. The van der Waals surface area contributed by atoms with Gasteiger partial charge < -0.3 is 11.1 Å². The minimum absolute atomic E-state index is 0.156. The summed E-state index contributed by atoms with van der Waals surface area (Å²) in [6.07, 6.45) is 0. The highest BCUT2D eigenvalue weighted by atomic mass is 19.1. The number of nitrogens with two attached hydrogens (primary N) is 1. The highest BCUT2D eigenvalue weighted by Crippen LogP contribution is 2.18. The summed E-state index contributed by atoms with van der Waals surface area (Å²) in [6.45, 7) is 1.51. The van der Waals surface area contributed by atoms with Crippen LogP contribution in [0.2, 0.25) is 0 Å². The topological polar surface area (TPSA) is 107 Å². The SMILES string of the molecule is CC(C(=O)Nc1ccccc1C(N)=O)n1nc(-c2ccc(F)cc2)ccc1=O. The number of nitrogens with one attached hydrogen (secondary N) is 1. The number of carbonyl (C=O) groups is 2. The van der Waals surface area contributed by atoms with Gasteiger partial charge >= 0.3 is 0 Å². The van der Waals surface area contributed by atoms with E-state index in [1.807, 2.05) is 0 Å². The quantitative estimate of drug-likeness (QED) is 0.708. The first-order chi connectivity index (χ1) is 13.4. The van der Waals surface area contributed by atoms with E-state index < -0.39 is 29.2 Å². The molecule has 3 aromatic rings. The number of halogens is 1. The van der Waals surface area contributed by atoms with Crippen molar-refractivity contribution in [2.75, 3.05) is 5.32 Å². The van der Waals surface area contributed by atoms with E-state index in [-0.39, 0.29) is 11.3 Å². The highest BCUT2D eigenvalue weighted by molar-refractivity contribution is 6.03. The van der Waals surface area contributed by atoms with E-state index in [9.17, 15) is 18.8 Å². The first-order valence-corrected chi connectivity index (χ1v) is 8.42. The van der Waals surface area contributed by atoms with Crippen molar-refractivity contribution in [1.82, 2.24) is 9.78 Å². The van der Waals surface area contributed by atoms with Gasteiger partial charge in [0, 0.05) is 11.6 Å². The highest BCUT2D eigenvalue weighted by Gasteiger charge is 2.20. The van der Waals surface area contributed by atoms with Crippen molar-refractivity contribution >= 4 is 17.5 Å². The maximum absolute atomic E-state index is 13.1. The molecular weight excluding hydrogens is 363 g/mol. The molecular formula is C20H17FN4O3. The number of carbonyl (C=O) groups excluding carboxylic acids is 2. The molecule has 0 aliphatic rings. The first kappa shape index (κ1) is 19.0. The Hall–Kier alpha value is -3.81. The summed E-state index contributed by atoms with van der Waals surface area (Å²) in [5.41, 5.74) is 6.25. The van der Waals surface area contributed by atoms with Crippen molar-refractivity contribution in [3.8, 4) is 11.3 Å². The minimum Gasteiger partial charge on any atom is -0.366 e. The molecule has 1 heterocycles. The number of amides is 2. The third-order valence-electron chi connectivity index (χ3n) is 4.16. The van der Waals surface area contributed by atoms with Crippen molar-refractivity contribution in [3.05, 3.63) is 82.4 Å². The molecule has 0 aliphatic carbocycles. The first-order valence-electron chi connectivity index (χ1n) is 8.42. The Morgan fingerprint density at radius 2 is 1.75 bits per heavy atom. The number of nitrogens with zero attached hydrogens (tertiary/aromatic N) is 2. The van der Waals surface area contributed by atoms with Crippen LogP contribution in [-0.4, -0.2) is 21.6 Å². The molecule has 0 bridgehead atoms. The lowest BCUT2D eigenvalue weighted by Crippen LogP contribution is -2.33. The van der Waals surface area contributed by atoms with Crippen molar-refractivity contribution < 1.29 is 14.0 Å². The number of aromatic nitrogens is 2. The van der Waals surface area contributed by atoms with E-state index in [0.717, 1.165) is 4.68 Å². The Labute approximate surface area is 159 Å². The molecule has 0 aliphatic heterocycles. The van der Waals surface area contributed by atoms with Crippen LogP contribution in [0.3, 0.4) is 0 Å². The summed E-state index contributed by atoms with van der Waals surface area (Å²) in [5.74, 6) is -1.62. The number of anilines is 1. The van der Waals surface area contributed by atoms with Crippen molar-refractivity contribution in [1.29, 1.82) is 0 Å². The van der Waals surface area contributed by atoms with Gasteiger partial charge in [0.1, 0.15) is 11.9 Å². The van der Waals surface area contributed by atoms with Crippen LogP contribution in [0.15, 0.2) is 65.5 Å². The normalized spacial score (nSPS) is 11.6. The molecule has 0 saturated heterocycles. The Morgan fingerprint density at radius 1 is 1.07 bits per heavy atom. The number of primary amides is 1. The largest absolute Gasteiger partial charge is 0.366 e. The maximum atomic E-state index is 13.1. The van der Waals surface area contributed by atoms with Gasteiger partial charge in [-0.15, -0.1) is 0 Å². The van der Waals surface area contributed by atoms with E-state index in [4.69, 9.17) is 5.73 Å². The Balaban J connectivity index is 1.90. The summed E-state index contributed by atoms with van der Waals surface area (Å²) >= 11 is 0. The smallest absolute Gasteiger partial charge is 0.267 e. The summed E-state index contributed by atoms with van der Waals surface area (Å²) in [5, 5.41) is 6.82. The molecule has 0 spiro atoms. The molecule has 1 atom stereocenters. The van der Waals surface area contributed by atoms with E-state index in [1.165, 1.54) is 55.5 Å². The van der Waals surface area contributed by atoms with E-state index >= 15 is 0 Å². The average molecular weight is 380 g/mol. The molecule has 3 rings (SSSR count). The van der Waals surface area contributed by atoms with Crippen molar-refractivity contribution in [3.63, 3.8) is 0 Å². The van der Waals surface area contributed by atoms with Crippen LogP contribution in [0.4, 0.5) is 10.1 Å². The van der Waals surface area contributed by atoms with Gasteiger partial charge in [0.25, 0.3) is 11.5 Å².